The van der Waals surface area contributed by atoms with Crippen molar-refractivity contribution in [2.75, 3.05) is 0 Å². The fourth-order valence-corrected chi connectivity index (χ4v) is 2.12. The zero-order valence-electron chi connectivity index (χ0n) is 11.0. The highest BCUT2D eigenvalue weighted by Gasteiger charge is 2.15. The highest BCUT2D eigenvalue weighted by molar-refractivity contribution is 5.80. The highest BCUT2D eigenvalue weighted by atomic mass is 16.6. The molecule has 96 valence electrons. The summed E-state index contributed by atoms with van der Waals surface area (Å²) in [5.41, 5.74) is 4.54. The second-order valence-corrected chi connectivity index (χ2v) is 4.56. The van der Waals surface area contributed by atoms with Crippen LogP contribution in [0, 0.1) is 24.0 Å². The van der Waals surface area contributed by atoms with Crippen LogP contribution < -0.4 is 0 Å². The van der Waals surface area contributed by atoms with Gasteiger partial charge in [0.15, 0.2) is 0 Å². The SMILES string of the molecule is C=C(c1ccccc1)c1cc(C)c([N+](=O)[O-])cc1C. The van der Waals surface area contributed by atoms with Crippen molar-refractivity contribution in [2.24, 2.45) is 0 Å². The Bertz CT molecular complexity index is 645. The van der Waals surface area contributed by atoms with Gasteiger partial charge in [0, 0.05) is 11.6 Å². The predicted octanol–water partition coefficient (Wildman–Crippen LogP) is 4.27. The molecular formula is C16H15NO2. The zero-order chi connectivity index (χ0) is 14.0. The number of nitro benzene ring substituents is 1. The van der Waals surface area contributed by atoms with Crippen molar-refractivity contribution in [2.45, 2.75) is 13.8 Å². The minimum Gasteiger partial charge on any atom is -0.258 e. The first kappa shape index (κ1) is 13.0. The molecule has 2 rings (SSSR count). The van der Waals surface area contributed by atoms with E-state index in [-0.39, 0.29) is 10.6 Å². The lowest BCUT2D eigenvalue weighted by molar-refractivity contribution is -0.385. The molecule has 0 amide bonds. The first-order valence-corrected chi connectivity index (χ1v) is 6.01. The molecule has 0 N–H and O–H groups in total. The van der Waals surface area contributed by atoms with Gasteiger partial charge >= 0.3 is 0 Å². The van der Waals surface area contributed by atoms with E-state index in [9.17, 15) is 10.1 Å². The molecule has 0 spiro atoms. The Labute approximate surface area is 112 Å². The molecule has 0 saturated heterocycles. The third-order valence-electron chi connectivity index (χ3n) is 3.19. The van der Waals surface area contributed by atoms with Crippen LogP contribution in [0.1, 0.15) is 22.3 Å². The van der Waals surface area contributed by atoms with Gasteiger partial charge in [-0.05, 0) is 42.2 Å². The summed E-state index contributed by atoms with van der Waals surface area (Å²) in [5, 5.41) is 10.9. The number of nitrogens with zero attached hydrogens (tertiary/aromatic N) is 1. The molecule has 0 bridgehead atoms. The van der Waals surface area contributed by atoms with Crippen molar-refractivity contribution in [3.63, 3.8) is 0 Å². The number of hydrogen-bond acceptors (Lipinski definition) is 2. The normalized spacial score (nSPS) is 10.2. The molecule has 0 unspecified atom stereocenters. The Morgan fingerprint density at radius 2 is 1.74 bits per heavy atom. The average Bonchev–Trinajstić information content (AvgIpc) is 2.41. The van der Waals surface area contributed by atoms with Crippen LogP contribution in [-0.2, 0) is 0 Å². The van der Waals surface area contributed by atoms with Crippen LogP contribution in [0.2, 0.25) is 0 Å². The minimum absolute atomic E-state index is 0.155. The molecule has 0 saturated carbocycles. The van der Waals surface area contributed by atoms with Gasteiger partial charge < -0.3 is 0 Å². The molecule has 2 aromatic carbocycles. The Balaban J connectivity index is 2.50. The lowest BCUT2D eigenvalue weighted by Gasteiger charge is -2.11. The van der Waals surface area contributed by atoms with Crippen LogP contribution in [0.4, 0.5) is 5.69 Å². The predicted molar refractivity (Wildman–Crippen MR) is 77.1 cm³/mol. The van der Waals surface area contributed by atoms with Crippen molar-refractivity contribution in [3.8, 4) is 0 Å². The largest absolute Gasteiger partial charge is 0.272 e. The standard InChI is InChI=1S/C16H15NO2/c1-11-10-16(17(18)19)12(2)9-15(11)13(3)14-7-5-4-6-8-14/h4-10H,3H2,1-2H3. The smallest absolute Gasteiger partial charge is 0.258 e. The second kappa shape index (κ2) is 5.06. The number of nitro groups is 1. The van der Waals surface area contributed by atoms with Crippen LogP contribution in [-0.4, -0.2) is 4.92 Å². The van der Waals surface area contributed by atoms with Gasteiger partial charge in [0.2, 0.25) is 0 Å². The lowest BCUT2D eigenvalue weighted by atomic mass is 9.93. The molecule has 2 aromatic rings. The Morgan fingerprint density at radius 3 is 2.32 bits per heavy atom. The van der Waals surface area contributed by atoms with Gasteiger partial charge in [-0.1, -0.05) is 36.9 Å². The molecule has 0 aliphatic rings. The maximum absolute atomic E-state index is 10.9. The van der Waals surface area contributed by atoms with Crippen LogP contribution in [0.5, 0.6) is 0 Å². The van der Waals surface area contributed by atoms with E-state index in [4.69, 9.17) is 0 Å². The monoisotopic (exact) mass is 253 g/mol. The van der Waals surface area contributed by atoms with Gasteiger partial charge in [0.25, 0.3) is 5.69 Å². The summed E-state index contributed by atoms with van der Waals surface area (Å²) >= 11 is 0. The summed E-state index contributed by atoms with van der Waals surface area (Å²) in [6.45, 7) is 7.72. The molecule has 3 nitrogen and oxygen atoms in total. The molecule has 0 atom stereocenters. The van der Waals surface area contributed by atoms with Gasteiger partial charge in [0.1, 0.15) is 0 Å². The summed E-state index contributed by atoms with van der Waals surface area (Å²) in [7, 11) is 0. The molecule has 0 aliphatic carbocycles. The molecule has 0 radical (unpaired) electrons. The third kappa shape index (κ3) is 2.55. The number of rotatable bonds is 3. The second-order valence-electron chi connectivity index (χ2n) is 4.56. The van der Waals surface area contributed by atoms with E-state index in [2.05, 4.69) is 6.58 Å². The van der Waals surface area contributed by atoms with Gasteiger partial charge in [-0.2, -0.15) is 0 Å². The topological polar surface area (TPSA) is 43.1 Å². The fourth-order valence-electron chi connectivity index (χ4n) is 2.12. The van der Waals surface area contributed by atoms with Gasteiger partial charge in [0.05, 0.1) is 4.92 Å². The van der Waals surface area contributed by atoms with Gasteiger partial charge in [-0.25, -0.2) is 0 Å². The molecule has 0 heterocycles. The summed E-state index contributed by atoms with van der Waals surface area (Å²) in [4.78, 5) is 10.6. The van der Waals surface area contributed by atoms with Crippen molar-refractivity contribution < 1.29 is 4.92 Å². The zero-order valence-corrected chi connectivity index (χ0v) is 11.0. The quantitative estimate of drug-likeness (QED) is 0.605. The summed E-state index contributed by atoms with van der Waals surface area (Å²) in [6, 6.07) is 13.3. The Hall–Kier alpha value is -2.42. The minimum atomic E-state index is -0.350. The molecule has 0 fully saturated rings. The summed E-state index contributed by atoms with van der Waals surface area (Å²) in [5.74, 6) is 0. The van der Waals surface area contributed by atoms with Crippen LogP contribution >= 0.6 is 0 Å². The third-order valence-corrected chi connectivity index (χ3v) is 3.19. The number of hydrogen-bond donors (Lipinski definition) is 0. The highest BCUT2D eigenvalue weighted by Crippen LogP contribution is 2.29. The van der Waals surface area contributed by atoms with Crippen molar-refractivity contribution >= 4 is 11.3 Å². The lowest BCUT2D eigenvalue weighted by Crippen LogP contribution is -1.97. The van der Waals surface area contributed by atoms with E-state index in [1.807, 2.05) is 43.3 Å². The van der Waals surface area contributed by atoms with Crippen LogP contribution in [0.3, 0.4) is 0 Å². The fraction of sp³-hybridized carbons (Fsp3) is 0.125. The first-order valence-electron chi connectivity index (χ1n) is 6.01. The van der Waals surface area contributed by atoms with Gasteiger partial charge in [-0.15, -0.1) is 0 Å². The maximum atomic E-state index is 10.9. The molecule has 0 aliphatic heterocycles. The molecular weight excluding hydrogens is 238 g/mol. The van der Waals surface area contributed by atoms with Crippen molar-refractivity contribution in [1.82, 2.24) is 0 Å². The molecule has 0 aromatic heterocycles. The van der Waals surface area contributed by atoms with E-state index in [1.165, 1.54) is 0 Å². The molecule has 3 heteroatoms. The van der Waals surface area contributed by atoms with E-state index in [0.717, 1.165) is 22.3 Å². The number of benzene rings is 2. The summed E-state index contributed by atoms with van der Waals surface area (Å²) in [6.07, 6.45) is 0. The Morgan fingerprint density at radius 1 is 1.11 bits per heavy atom. The van der Waals surface area contributed by atoms with Crippen molar-refractivity contribution in [1.29, 1.82) is 0 Å². The van der Waals surface area contributed by atoms with E-state index in [1.54, 1.807) is 13.0 Å². The first-order chi connectivity index (χ1) is 9.00. The van der Waals surface area contributed by atoms with E-state index >= 15 is 0 Å². The maximum Gasteiger partial charge on any atom is 0.272 e. The van der Waals surface area contributed by atoms with E-state index in [0.29, 0.717) is 5.56 Å². The van der Waals surface area contributed by atoms with Crippen LogP contribution in [0.15, 0.2) is 49.0 Å². The number of aryl methyl sites for hydroxylation is 2. The Kier molecular flexibility index (Phi) is 3.47. The van der Waals surface area contributed by atoms with Gasteiger partial charge in [-0.3, -0.25) is 10.1 Å². The summed E-state index contributed by atoms with van der Waals surface area (Å²) < 4.78 is 0. The average molecular weight is 253 g/mol. The van der Waals surface area contributed by atoms with E-state index < -0.39 is 0 Å². The van der Waals surface area contributed by atoms with Crippen molar-refractivity contribution in [3.05, 3.63) is 81.4 Å². The van der Waals surface area contributed by atoms with Crippen LogP contribution in [0.25, 0.3) is 5.57 Å². The molecule has 19 heavy (non-hydrogen) atoms.